The van der Waals surface area contributed by atoms with Crippen molar-refractivity contribution in [3.05, 3.63) is 100.0 Å². The summed E-state index contributed by atoms with van der Waals surface area (Å²) in [5, 5.41) is 5.94. The van der Waals surface area contributed by atoms with Crippen molar-refractivity contribution in [2.45, 2.75) is 38.3 Å². The van der Waals surface area contributed by atoms with E-state index in [1.165, 1.54) is 0 Å². The lowest BCUT2D eigenvalue weighted by molar-refractivity contribution is -0.118. The molecule has 0 aliphatic carbocycles. The Morgan fingerprint density at radius 2 is 1.71 bits per heavy atom. The standard InChI is InChI=1S/C28H30N4O3/c1-19-10-12-23(13-11-19)29-27(34)24(15-20-6-3-2-4-7-20)30-28(35)31-16-21-14-22(18-31)25-8-5-9-26(33)32(25)17-21/h2-13,21-22,24H,14-18H2,1H3,(H,29,34)(H,30,35)/t21?,22?,24-/m0/s1. The number of benzene rings is 2. The van der Waals surface area contributed by atoms with Crippen molar-refractivity contribution in [2.75, 3.05) is 18.4 Å². The topological polar surface area (TPSA) is 83.4 Å². The lowest BCUT2D eigenvalue weighted by Crippen LogP contribution is -2.55. The van der Waals surface area contributed by atoms with Crippen LogP contribution in [0.25, 0.3) is 0 Å². The van der Waals surface area contributed by atoms with Gasteiger partial charge in [0.2, 0.25) is 5.91 Å². The van der Waals surface area contributed by atoms with Gasteiger partial charge in [0.1, 0.15) is 6.04 Å². The molecule has 2 unspecified atom stereocenters. The number of aromatic nitrogens is 1. The van der Waals surface area contributed by atoms with Gasteiger partial charge in [0.05, 0.1) is 0 Å². The largest absolute Gasteiger partial charge is 0.326 e. The maximum absolute atomic E-state index is 13.4. The van der Waals surface area contributed by atoms with E-state index in [9.17, 15) is 14.4 Å². The van der Waals surface area contributed by atoms with Crippen molar-refractivity contribution in [3.8, 4) is 0 Å². The van der Waals surface area contributed by atoms with Gasteiger partial charge in [-0.05, 0) is 43.0 Å². The summed E-state index contributed by atoms with van der Waals surface area (Å²) in [4.78, 5) is 40.7. The number of likely N-dealkylation sites (tertiary alicyclic amines) is 1. The first-order chi connectivity index (χ1) is 17.0. The summed E-state index contributed by atoms with van der Waals surface area (Å²) in [6.45, 7) is 3.72. The van der Waals surface area contributed by atoms with E-state index in [0.29, 0.717) is 31.7 Å². The van der Waals surface area contributed by atoms with Crippen molar-refractivity contribution < 1.29 is 9.59 Å². The molecule has 35 heavy (non-hydrogen) atoms. The van der Waals surface area contributed by atoms with E-state index < -0.39 is 6.04 Å². The Bertz CT molecular complexity index is 1270. The van der Waals surface area contributed by atoms with Crippen molar-refractivity contribution in [1.29, 1.82) is 0 Å². The first-order valence-electron chi connectivity index (χ1n) is 12.1. The molecule has 0 radical (unpaired) electrons. The molecule has 1 aromatic heterocycles. The summed E-state index contributed by atoms with van der Waals surface area (Å²) in [6.07, 6.45) is 1.36. The molecule has 2 N–H and O–H groups in total. The van der Waals surface area contributed by atoms with E-state index in [0.717, 1.165) is 23.2 Å². The predicted molar refractivity (Wildman–Crippen MR) is 135 cm³/mol. The smallest absolute Gasteiger partial charge is 0.318 e. The zero-order chi connectivity index (χ0) is 24.4. The number of fused-ring (bicyclic) bond motifs is 4. The molecule has 7 nitrogen and oxygen atoms in total. The number of carbonyl (C=O) groups is 2. The van der Waals surface area contributed by atoms with Crippen LogP contribution in [0.3, 0.4) is 0 Å². The number of carbonyl (C=O) groups excluding carboxylic acids is 2. The average Bonchev–Trinajstić information content (AvgIpc) is 2.86. The van der Waals surface area contributed by atoms with Crippen LogP contribution in [0.15, 0.2) is 77.6 Å². The Labute approximate surface area is 204 Å². The number of nitrogens with one attached hydrogen (secondary N) is 2. The minimum Gasteiger partial charge on any atom is -0.326 e. The number of piperidine rings is 1. The van der Waals surface area contributed by atoms with Crippen LogP contribution in [0.2, 0.25) is 0 Å². The van der Waals surface area contributed by atoms with Crippen LogP contribution in [0.1, 0.15) is 29.2 Å². The maximum atomic E-state index is 13.4. The molecule has 2 aromatic carbocycles. The molecular formula is C28H30N4O3. The van der Waals surface area contributed by atoms with E-state index in [-0.39, 0.29) is 29.3 Å². The molecule has 0 saturated carbocycles. The van der Waals surface area contributed by atoms with Crippen LogP contribution in [0.4, 0.5) is 10.5 Å². The highest BCUT2D eigenvalue weighted by Crippen LogP contribution is 2.34. The third-order valence-corrected chi connectivity index (χ3v) is 6.98. The number of nitrogens with zero attached hydrogens (tertiary/aromatic N) is 2. The van der Waals surface area contributed by atoms with Gasteiger partial charge in [-0.25, -0.2) is 4.79 Å². The maximum Gasteiger partial charge on any atom is 0.318 e. The molecule has 2 bridgehead atoms. The molecule has 5 rings (SSSR count). The van der Waals surface area contributed by atoms with Crippen LogP contribution < -0.4 is 16.2 Å². The summed E-state index contributed by atoms with van der Waals surface area (Å²) in [5.74, 6) is 0.0947. The molecule has 3 amide bonds. The quantitative estimate of drug-likeness (QED) is 0.598. The Hall–Kier alpha value is -3.87. The fraction of sp³-hybridized carbons (Fsp3) is 0.321. The van der Waals surface area contributed by atoms with E-state index in [4.69, 9.17) is 0 Å². The first kappa shape index (κ1) is 22.9. The van der Waals surface area contributed by atoms with E-state index in [1.54, 1.807) is 17.0 Å². The zero-order valence-electron chi connectivity index (χ0n) is 19.8. The molecule has 3 atom stereocenters. The van der Waals surface area contributed by atoms with Crippen LogP contribution >= 0.6 is 0 Å². The SMILES string of the molecule is Cc1ccc(NC(=O)[C@H](Cc2ccccc2)NC(=O)N2CC3CC(C2)c2cccc(=O)n2C3)cc1. The molecule has 2 aliphatic rings. The fourth-order valence-electron chi connectivity index (χ4n) is 5.23. The normalized spacial score (nSPS) is 19.4. The Kier molecular flexibility index (Phi) is 6.40. The van der Waals surface area contributed by atoms with Gasteiger partial charge in [-0.2, -0.15) is 0 Å². The van der Waals surface area contributed by atoms with Crippen LogP contribution in [0.5, 0.6) is 0 Å². The molecule has 180 valence electrons. The molecule has 2 aliphatic heterocycles. The van der Waals surface area contributed by atoms with Gasteiger partial charge in [-0.3, -0.25) is 9.59 Å². The van der Waals surface area contributed by atoms with Gasteiger partial charge in [0, 0.05) is 49.4 Å². The average molecular weight is 471 g/mol. The minimum absolute atomic E-state index is 0.0193. The first-order valence-corrected chi connectivity index (χ1v) is 12.1. The number of rotatable bonds is 5. The third-order valence-electron chi connectivity index (χ3n) is 6.98. The Morgan fingerprint density at radius 3 is 2.49 bits per heavy atom. The second-order valence-corrected chi connectivity index (χ2v) is 9.65. The van der Waals surface area contributed by atoms with Gasteiger partial charge in [0.25, 0.3) is 5.56 Å². The van der Waals surface area contributed by atoms with Gasteiger partial charge in [0.15, 0.2) is 0 Å². The number of pyridine rings is 1. The summed E-state index contributed by atoms with van der Waals surface area (Å²) >= 11 is 0. The molecule has 1 saturated heterocycles. The van der Waals surface area contributed by atoms with Gasteiger partial charge in [-0.15, -0.1) is 0 Å². The molecule has 0 spiro atoms. The summed E-state index contributed by atoms with van der Waals surface area (Å²) < 4.78 is 1.85. The summed E-state index contributed by atoms with van der Waals surface area (Å²) in [6, 6.07) is 21.7. The Morgan fingerprint density at radius 1 is 0.943 bits per heavy atom. The number of amides is 3. The highest BCUT2D eigenvalue weighted by atomic mass is 16.2. The molecule has 3 heterocycles. The van der Waals surface area contributed by atoms with Crippen LogP contribution in [0, 0.1) is 12.8 Å². The van der Waals surface area contributed by atoms with Gasteiger partial charge >= 0.3 is 6.03 Å². The number of anilines is 1. The lowest BCUT2D eigenvalue weighted by Gasteiger charge is -2.43. The predicted octanol–water partition coefficient (Wildman–Crippen LogP) is 3.54. The molecule has 1 fully saturated rings. The lowest BCUT2D eigenvalue weighted by atomic mass is 9.83. The fourth-order valence-corrected chi connectivity index (χ4v) is 5.23. The van der Waals surface area contributed by atoms with Gasteiger partial charge in [-0.1, -0.05) is 54.1 Å². The van der Waals surface area contributed by atoms with Crippen molar-refractivity contribution in [3.63, 3.8) is 0 Å². The summed E-state index contributed by atoms with van der Waals surface area (Å²) in [7, 11) is 0. The van der Waals surface area contributed by atoms with Gasteiger partial charge < -0.3 is 20.1 Å². The zero-order valence-corrected chi connectivity index (χ0v) is 19.8. The van der Waals surface area contributed by atoms with E-state index in [1.807, 2.05) is 72.2 Å². The molecular weight excluding hydrogens is 440 g/mol. The second kappa shape index (κ2) is 9.78. The molecule has 7 heteroatoms. The number of aryl methyl sites for hydroxylation is 1. The highest BCUT2D eigenvalue weighted by molar-refractivity contribution is 5.97. The van der Waals surface area contributed by atoms with E-state index in [2.05, 4.69) is 10.6 Å². The van der Waals surface area contributed by atoms with Crippen molar-refractivity contribution in [2.24, 2.45) is 5.92 Å². The molecule has 3 aromatic rings. The monoisotopic (exact) mass is 470 g/mol. The van der Waals surface area contributed by atoms with Crippen LogP contribution in [-0.4, -0.2) is 40.5 Å². The second-order valence-electron chi connectivity index (χ2n) is 9.65. The highest BCUT2D eigenvalue weighted by Gasteiger charge is 2.37. The third kappa shape index (κ3) is 5.14. The van der Waals surface area contributed by atoms with Crippen molar-refractivity contribution >= 4 is 17.6 Å². The number of hydrogen-bond donors (Lipinski definition) is 2. The van der Waals surface area contributed by atoms with Crippen LogP contribution in [-0.2, 0) is 17.8 Å². The summed E-state index contributed by atoms with van der Waals surface area (Å²) in [5.41, 5.74) is 3.79. The number of urea groups is 1. The van der Waals surface area contributed by atoms with E-state index >= 15 is 0 Å². The Balaban J connectivity index is 1.32. The minimum atomic E-state index is -0.720. The number of hydrogen-bond acceptors (Lipinski definition) is 3. The van der Waals surface area contributed by atoms with Crippen molar-refractivity contribution in [1.82, 2.24) is 14.8 Å².